The Balaban J connectivity index is 1.90. The molecule has 1 heterocycles. The van der Waals surface area contributed by atoms with Crippen LogP contribution >= 0.6 is 0 Å². The molecule has 1 fully saturated rings. The molecule has 1 aromatic rings. The molecule has 24 heavy (non-hydrogen) atoms. The predicted octanol–water partition coefficient (Wildman–Crippen LogP) is 1.80. The summed E-state index contributed by atoms with van der Waals surface area (Å²) < 4.78 is 5.43. The Morgan fingerprint density at radius 1 is 1.21 bits per heavy atom. The summed E-state index contributed by atoms with van der Waals surface area (Å²) in [6.45, 7) is 10.3. The van der Waals surface area contributed by atoms with Crippen LogP contribution in [0.25, 0.3) is 0 Å². The normalized spacial score (nSPS) is 19.7. The number of morpholine rings is 1. The first-order valence-electron chi connectivity index (χ1n) is 8.90. The van der Waals surface area contributed by atoms with Gasteiger partial charge in [0.2, 0.25) is 5.91 Å². The Kier molecular flexibility index (Phi) is 7.21. The average molecular weight is 333 g/mol. The molecule has 3 N–H and O–H groups in total. The second-order valence-electron chi connectivity index (χ2n) is 6.93. The summed E-state index contributed by atoms with van der Waals surface area (Å²) in [6, 6.07) is 9.85. The third-order valence-electron chi connectivity index (χ3n) is 4.91. The number of rotatable bonds is 7. The van der Waals surface area contributed by atoms with Crippen molar-refractivity contribution < 1.29 is 9.53 Å². The van der Waals surface area contributed by atoms with Gasteiger partial charge in [-0.3, -0.25) is 9.69 Å². The van der Waals surface area contributed by atoms with Crippen molar-refractivity contribution in [3.63, 3.8) is 0 Å². The van der Waals surface area contributed by atoms with Crippen molar-refractivity contribution in [1.29, 1.82) is 0 Å². The minimum absolute atomic E-state index is 0.0188. The zero-order chi connectivity index (χ0) is 17.5. The molecule has 1 aromatic carbocycles. The number of carbonyl (C=O) groups excluding carboxylic acids is 1. The van der Waals surface area contributed by atoms with Crippen LogP contribution in [0.15, 0.2) is 30.3 Å². The van der Waals surface area contributed by atoms with Crippen LogP contribution < -0.4 is 11.1 Å². The van der Waals surface area contributed by atoms with Gasteiger partial charge in [-0.2, -0.15) is 0 Å². The zero-order valence-corrected chi connectivity index (χ0v) is 15.1. The number of hydrogen-bond donors (Lipinski definition) is 2. The summed E-state index contributed by atoms with van der Waals surface area (Å²) in [7, 11) is 0. The number of nitrogens with zero attached hydrogens (tertiary/aromatic N) is 1. The number of nitrogens with one attached hydrogen (secondary N) is 1. The Hall–Kier alpha value is -1.43. The van der Waals surface area contributed by atoms with Crippen molar-refractivity contribution in [3.05, 3.63) is 35.9 Å². The van der Waals surface area contributed by atoms with E-state index in [9.17, 15) is 4.79 Å². The standard InChI is InChI=1S/C19H31N3O2/c1-14(2)17(22-9-11-24-12-10-22)13-21-19(23)15(3)18(20)16-7-5-4-6-8-16/h4-8,14-15,17-18H,9-13,20H2,1-3H3,(H,21,23). The first kappa shape index (κ1) is 18.9. The molecule has 0 spiro atoms. The van der Waals surface area contributed by atoms with Crippen LogP contribution in [0, 0.1) is 11.8 Å². The first-order chi connectivity index (χ1) is 11.5. The molecule has 1 aliphatic heterocycles. The highest BCUT2D eigenvalue weighted by Gasteiger charge is 2.26. The van der Waals surface area contributed by atoms with E-state index in [-0.39, 0.29) is 17.9 Å². The molecule has 134 valence electrons. The fraction of sp³-hybridized carbons (Fsp3) is 0.632. The number of hydrogen-bond acceptors (Lipinski definition) is 4. The van der Waals surface area contributed by atoms with E-state index in [1.54, 1.807) is 0 Å². The summed E-state index contributed by atoms with van der Waals surface area (Å²) in [4.78, 5) is 14.9. The van der Waals surface area contributed by atoms with Crippen LogP contribution in [-0.4, -0.2) is 49.7 Å². The van der Waals surface area contributed by atoms with Crippen LogP contribution in [0.4, 0.5) is 0 Å². The minimum atomic E-state index is -0.285. The minimum Gasteiger partial charge on any atom is -0.379 e. The SMILES string of the molecule is CC(C)C(CNC(=O)C(C)C(N)c1ccccc1)N1CCOCC1. The van der Waals surface area contributed by atoms with E-state index in [1.807, 2.05) is 37.3 Å². The molecule has 3 atom stereocenters. The lowest BCUT2D eigenvalue weighted by Gasteiger charge is -2.37. The van der Waals surface area contributed by atoms with E-state index in [2.05, 4.69) is 24.1 Å². The van der Waals surface area contributed by atoms with Crippen molar-refractivity contribution in [2.75, 3.05) is 32.8 Å². The number of ether oxygens (including phenoxy) is 1. The van der Waals surface area contributed by atoms with Crippen LogP contribution in [-0.2, 0) is 9.53 Å². The molecule has 0 bridgehead atoms. The molecule has 1 amide bonds. The highest BCUT2D eigenvalue weighted by Crippen LogP contribution is 2.19. The van der Waals surface area contributed by atoms with Gasteiger partial charge >= 0.3 is 0 Å². The third kappa shape index (κ3) is 5.03. The maximum Gasteiger partial charge on any atom is 0.224 e. The zero-order valence-electron chi connectivity index (χ0n) is 15.1. The second kappa shape index (κ2) is 9.16. The first-order valence-corrected chi connectivity index (χ1v) is 8.90. The van der Waals surface area contributed by atoms with E-state index >= 15 is 0 Å². The molecule has 1 saturated heterocycles. The smallest absolute Gasteiger partial charge is 0.224 e. The molecule has 0 radical (unpaired) electrons. The van der Waals surface area contributed by atoms with E-state index in [0.717, 1.165) is 31.9 Å². The van der Waals surface area contributed by atoms with E-state index in [0.29, 0.717) is 18.5 Å². The van der Waals surface area contributed by atoms with Crippen molar-refractivity contribution in [2.24, 2.45) is 17.6 Å². The van der Waals surface area contributed by atoms with Gasteiger partial charge in [0.05, 0.1) is 19.1 Å². The highest BCUT2D eigenvalue weighted by molar-refractivity contribution is 5.79. The fourth-order valence-corrected chi connectivity index (χ4v) is 3.19. The van der Waals surface area contributed by atoms with Crippen molar-refractivity contribution in [3.8, 4) is 0 Å². The summed E-state index contributed by atoms with van der Waals surface area (Å²) in [5, 5.41) is 3.11. The van der Waals surface area contributed by atoms with Gasteiger partial charge in [-0.05, 0) is 11.5 Å². The Bertz CT molecular complexity index is 501. The van der Waals surface area contributed by atoms with E-state index < -0.39 is 0 Å². The lowest BCUT2D eigenvalue weighted by atomic mass is 9.94. The van der Waals surface area contributed by atoms with Crippen LogP contribution in [0.5, 0.6) is 0 Å². The summed E-state index contributed by atoms with van der Waals surface area (Å²) in [6.07, 6.45) is 0. The molecule has 0 saturated carbocycles. The molecular weight excluding hydrogens is 302 g/mol. The quantitative estimate of drug-likeness (QED) is 0.798. The summed E-state index contributed by atoms with van der Waals surface area (Å²) >= 11 is 0. The van der Waals surface area contributed by atoms with Crippen LogP contribution in [0.3, 0.4) is 0 Å². The maximum absolute atomic E-state index is 12.5. The van der Waals surface area contributed by atoms with Gasteiger partial charge < -0.3 is 15.8 Å². The maximum atomic E-state index is 12.5. The lowest BCUT2D eigenvalue weighted by molar-refractivity contribution is -0.125. The Morgan fingerprint density at radius 2 is 1.83 bits per heavy atom. The number of benzene rings is 1. The van der Waals surface area contributed by atoms with E-state index in [1.165, 1.54) is 0 Å². The largest absolute Gasteiger partial charge is 0.379 e. The lowest BCUT2D eigenvalue weighted by Crippen LogP contribution is -2.52. The summed E-state index contributed by atoms with van der Waals surface area (Å²) in [5.41, 5.74) is 7.25. The topological polar surface area (TPSA) is 67.6 Å². The number of amides is 1. The van der Waals surface area contributed by atoms with Crippen molar-refractivity contribution >= 4 is 5.91 Å². The average Bonchev–Trinajstić information content (AvgIpc) is 2.61. The van der Waals surface area contributed by atoms with Crippen molar-refractivity contribution in [1.82, 2.24) is 10.2 Å². The highest BCUT2D eigenvalue weighted by atomic mass is 16.5. The predicted molar refractivity (Wildman–Crippen MR) is 96.6 cm³/mol. The van der Waals surface area contributed by atoms with Gasteiger partial charge in [-0.25, -0.2) is 0 Å². The molecule has 3 unspecified atom stereocenters. The van der Waals surface area contributed by atoms with Gasteiger partial charge in [0, 0.05) is 31.7 Å². The third-order valence-corrected chi connectivity index (χ3v) is 4.91. The van der Waals surface area contributed by atoms with E-state index in [4.69, 9.17) is 10.5 Å². The molecule has 1 aliphatic rings. The Labute approximate surface area is 145 Å². The van der Waals surface area contributed by atoms with Gasteiger partial charge in [0.25, 0.3) is 0 Å². The number of carbonyl (C=O) groups is 1. The molecule has 5 heteroatoms. The summed E-state index contributed by atoms with van der Waals surface area (Å²) in [5.74, 6) is 0.233. The van der Waals surface area contributed by atoms with Crippen molar-refractivity contribution in [2.45, 2.75) is 32.9 Å². The van der Waals surface area contributed by atoms with Gasteiger partial charge in [-0.1, -0.05) is 51.1 Å². The number of nitrogens with two attached hydrogens (primary N) is 1. The van der Waals surface area contributed by atoms with Gasteiger partial charge in [0.1, 0.15) is 0 Å². The Morgan fingerprint density at radius 3 is 2.42 bits per heavy atom. The molecule has 0 aromatic heterocycles. The molecule has 0 aliphatic carbocycles. The molecular formula is C19H31N3O2. The molecule has 2 rings (SSSR count). The monoisotopic (exact) mass is 333 g/mol. The fourth-order valence-electron chi connectivity index (χ4n) is 3.19. The second-order valence-corrected chi connectivity index (χ2v) is 6.93. The van der Waals surface area contributed by atoms with Crippen LogP contribution in [0.1, 0.15) is 32.4 Å². The van der Waals surface area contributed by atoms with Crippen LogP contribution in [0.2, 0.25) is 0 Å². The van der Waals surface area contributed by atoms with Gasteiger partial charge in [0.15, 0.2) is 0 Å². The van der Waals surface area contributed by atoms with Gasteiger partial charge in [-0.15, -0.1) is 0 Å². The molecule has 5 nitrogen and oxygen atoms in total.